The van der Waals surface area contributed by atoms with Gasteiger partial charge in [-0.3, -0.25) is 4.79 Å². The third-order valence-electron chi connectivity index (χ3n) is 6.60. The second-order valence-electron chi connectivity index (χ2n) is 9.22. The number of rotatable bonds is 8. The molecule has 0 bridgehead atoms. The van der Waals surface area contributed by atoms with Crippen molar-refractivity contribution in [3.8, 4) is 11.5 Å². The second-order valence-corrected chi connectivity index (χ2v) is 13.2. The first-order valence-corrected chi connectivity index (χ1v) is 15.1. The third kappa shape index (κ3) is 5.67. The van der Waals surface area contributed by atoms with Gasteiger partial charge in [-0.2, -0.15) is 4.98 Å². The van der Waals surface area contributed by atoms with Crippen molar-refractivity contribution in [1.29, 1.82) is 0 Å². The van der Waals surface area contributed by atoms with Crippen molar-refractivity contribution >= 4 is 67.8 Å². The molecule has 5 rings (SSSR count). The quantitative estimate of drug-likeness (QED) is 0.219. The van der Waals surface area contributed by atoms with Gasteiger partial charge in [0.05, 0.1) is 33.1 Å². The molecule has 4 aromatic rings. The first-order valence-electron chi connectivity index (χ1n) is 11.9. The predicted octanol–water partition coefficient (Wildman–Crippen LogP) is 7.40. The van der Waals surface area contributed by atoms with E-state index in [2.05, 4.69) is 15.5 Å². The van der Waals surface area contributed by atoms with Crippen molar-refractivity contribution in [2.75, 3.05) is 11.1 Å². The lowest BCUT2D eigenvalue weighted by atomic mass is 9.94. The minimum Gasteiger partial charge on any atom is -0.334 e. The fourth-order valence-corrected chi connectivity index (χ4v) is 6.60. The number of sulfone groups is 1. The molecule has 0 aliphatic heterocycles. The van der Waals surface area contributed by atoms with Crippen LogP contribution in [0.5, 0.6) is 0 Å². The van der Waals surface area contributed by atoms with Gasteiger partial charge in [0, 0.05) is 26.3 Å². The fraction of sp³-hybridized carbons (Fsp3) is 0.222. The lowest BCUT2D eigenvalue weighted by Crippen LogP contribution is -2.16. The van der Waals surface area contributed by atoms with E-state index in [-0.39, 0.29) is 28.9 Å². The Hall–Kier alpha value is -2.62. The van der Waals surface area contributed by atoms with Crippen LogP contribution in [0.4, 0.5) is 5.69 Å². The molecule has 0 radical (unpaired) electrons. The van der Waals surface area contributed by atoms with Gasteiger partial charge in [0.25, 0.3) is 5.89 Å². The lowest BCUT2D eigenvalue weighted by Gasteiger charge is -2.17. The van der Waals surface area contributed by atoms with Crippen molar-refractivity contribution in [2.24, 2.45) is 0 Å². The molecule has 202 valence electrons. The third-order valence-corrected chi connectivity index (χ3v) is 9.49. The summed E-state index contributed by atoms with van der Waals surface area (Å²) in [6.07, 6.45) is 1.48. The van der Waals surface area contributed by atoms with E-state index in [0.29, 0.717) is 48.3 Å². The van der Waals surface area contributed by atoms with Crippen LogP contribution in [0, 0.1) is 0 Å². The van der Waals surface area contributed by atoms with Gasteiger partial charge in [-0.1, -0.05) is 70.6 Å². The van der Waals surface area contributed by atoms with Gasteiger partial charge >= 0.3 is 0 Å². The number of carbonyl (C=O) groups excluding carboxylic acids is 1. The van der Waals surface area contributed by atoms with E-state index in [0.717, 1.165) is 12.8 Å². The summed E-state index contributed by atoms with van der Waals surface area (Å²) >= 11 is 25.6. The monoisotopic (exact) mass is 623 g/mol. The van der Waals surface area contributed by atoms with Gasteiger partial charge in [-0.05, 0) is 60.9 Å². The van der Waals surface area contributed by atoms with Crippen LogP contribution < -0.4 is 5.32 Å². The molecule has 0 atom stereocenters. The zero-order chi connectivity index (χ0) is 27.9. The fourth-order valence-electron chi connectivity index (χ4n) is 4.37. The summed E-state index contributed by atoms with van der Waals surface area (Å²) in [6.45, 7) is 1.58. The largest absolute Gasteiger partial charge is 0.334 e. The van der Waals surface area contributed by atoms with E-state index in [9.17, 15) is 13.2 Å². The molecule has 7 nitrogen and oxygen atoms in total. The number of hydrogen-bond donors (Lipinski definition) is 1. The number of halogens is 4. The van der Waals surface area contributed by atoms with Crippen LogP contribution in [0.15, 0.2) is 64.0 Å². The van der Waals surface area contributed by atoms with Crippen LogP contribution in [-0.2, 0) is 26.5 Å². The van der Waals surface area contributed by atoms with Gasteiger partial charge < -0.3 is 9.84 Å². The molecule has 1 fully saturated rings. The maximum absolute atomic E-state index is 12.7. The molecule has 1 heterocycles. The van der Waals surface area contributed by atoms with Gasteiger partial charge in [-0.25, -0.2) is 8.42 Å². The highest BCUT2D eigenvalue weighted by atomic mass is 35.5. The van der Waals surface area contributed by atoms with E-state index < -0.39 is 15.3 Å². The van der Waals surface area contributed by atoms with Gasteiger partial charge in [0.2, 0.25) is 5.91 Å². The smallest absolute Gasteiger partial charge is 0.259 e. The Morgan fingerprint density at radius 3 is 2.23 bits per heavy atom. The molecule has 1 saturated carbocycles. The number of benzene rings is 3. The summed E-state index contributed by atoms with van der Waals surface area (Å²) in [7, 11) is -3.30. The zero-order valence-corrected chi connectivity index (χ0v) is 24.3. The lowest BCUT2D eigenvalue weighted by molar-refractivity contribution is -0.115. The molecule has 12 heteroatoms. The summed E-state index contributed by atoms with van der Waals surface area (Å²) in [4.78, 5) is 17.5. The van der Waals surface area contributed by atoms with Crippen LogP contribution >= 0.6 is 46.4 Å². The Bertz CT molecular complexity index is 1660. The second kappa shape index (κ2) is 10.7. The number of hydrogen-bond acceptors (Lipinski definition) is 6. The van der Waals surface area contributed by atoms with Crippen LogP contribution in [0.1, 0.15) is 36.7 Å². The van der Waals surface area contributed by atoms with Crippen LogP contribution in [0.2, 0.25) is 20.1 Å². The molecular weight excluding hydrogens is 604 g/mol. The molecule has 1 N–H and O–H groups in total. The van der Waals surface area contributed by atoms with Crippen LogP contribution in [0.25, 0.3) is 11.5 Å². The van der Waals surface area contributed by atoms with E-state index >= 15 is 0 Å². The normalized spacial score (nSPS) is 14.3. The van der Waals surface area contributed by atoms with Crippen LogP contribution in [0.3, 0.4) is 0 Å². The highest BCUT2D eigenvalue weighted by molar-refractivity contribution is 7.91. The van der Waals surface area contributed by atoms with Gasteiger partial charge in [-0.15, -0.1) is 0 Å². The van der Waals surface area contributed by atoms with E-state index in [1.54, 1.807) is 49.4 Å². The molecule has 39 heavy (non-hydrogen) atoms. The Balaban J connectivity index is 1.33. The Morgan fingerprint density at radius 1 is 0.974 bits per heavy atom. The average Bonchev–Trinajstić information content (AvgIpc) is 3.51. The first-order chi connectivity index (χ1) is 18.5. The molecule has 1 amide bonds. The minimum atomic E-state index is -3.30. The molecule has 0 spiro atoms. The molecule has 1 aromatic heterocycles. The maximum Gasteiger partial charge on any atom is 0.259 e. The molecular formula is C27H21Cl4N3O4S. The highest BCUT2D eigenvalue weighted by Crippen LogP contribution is 2.57. The van der Waals surface area contributed by atoms with Crippen molar-refractivity contribution < 1.29 is 17.7 Å². The van der Waals surface area contributed by atoms with Crippen molar-refractivity contribution in [1.82, 2.24) is 10.1 Å². The maximum atomic E-state index is 12.7. The molecule has 1 aliphatic rings. The summed E-state index contributed by atoms with van der Waals surface area (Å²) in [5.74, 6) is 0.410. The number of anilines is 1. The summed E-state index contributed by atoms with van der Waals surface area (Å²) < 4.78 is 29.5. The standard InChI is InChI=1S/C27H21Cl4N3O4S/c1-2-39(36,37)18-6-3-15(4-7-18)11-23(35)32-17-13-21(30)24(22(31)14-17)27(9-10-27)26-33-25(38-34-26)19-8-5-16(28)12-20(19)29/h3-8,12-14H,2,9-11H2,1H3,(H,32,35). The van der Waals surface area contributed by atoms with E-state index in [1.165, 1.54) is 12.1 Å². The zero-order valence-electron chi connectivity index (χ0n) is 20.5. The topological polar surface area (TPSA) is 102 Å². The summed E-state index contributed by atoms with van der Waals surface area (Å²) in [5.41, 5.74) is 1.71. The molecule has 0 unspecified atom stereocenters. The SMILES string of the molecule is CCS(=O)(=O)c1ccc(CC(=O)Nc2cc(Cl)c(C3(c4noc(-c5ccc(Cl)cc5Cl)n4)CC3)c(Cl)c2)cc1. The molecule has 3 aromatic carbocycles. The Morgan fingerprint density at radius 2 is 1.64 bits per heavy atom. The predicted molar refractivity (Wildman–Crippen MR) is 153 cm³/mol. The Kier molecular flexibility index (Phi) is 7.70. The number of aromatic nitrogens is 2. The number of nitrogens with one attached hydrogen (secondary N) is 1. The Labute approximate surface area is 245 Å². The van der Waals surface area contributed by atoms with Crippen molar-refractivity contribution in [3.63, 3.8) is 0 Å². The summed E-state index contributed by atoms with van der Waals surface area (Å²) in [6, 6.07) is 14.5. The first kappa shape index (κ1) is 27.9. The van der Waals surface area contributed by atoms with Gasteiger partial charge in [0.15, 0.2) is 15.7 Å². The van der Waals surface area contributed by atoms with Crippen molar-refractivity contribution in [2.45, 2.75) is 36.5 Å². The highest BCUT2D eigenvalue weighted by Gasteiger charge is 2.52. The number of carbonyl (C=O) groups is 1. The number of nitrogens with zero attached hydrogens (tertiary/aromatic N) is 2. The molecule has 1 aliphatic carbocycles. The number of amides is 1. The average molecular weight is 625 g/mol. The molecule has 0 saturated heterocycles. The van der Waals surface area contributed by atoms with Crippen molar-refractivity contribution in [3.05, 3.63) is 91.6 Å². The van der Waals surface area contributed by atoms with Gasteiger partial charge in [0.1, 0.15) is 0 Å². The van der Waals surface area contributed by atoms with Crippen LogP contribution in [-0.4, -0.2) is 30.2 Å². The van der Waals surface area contributed by atoms with E-state index in [4.69, 9.17) is 50.9 Å². The van der Waals surface area contributed by atoms with E-state index in [1.807, 2.05) is 0 Å². The minimum absolute atomic E-state index is 0.0101. The summed E-state index contributed by atoms with van der Waals surface area (Å²) in [5, 5.41) is 8.60.